The molecular formula is C12H10FNOS. The van der Waals surface area contributed by atoms with Gasteiger partial charge in [0.15, 0.2) is 0 Å². The summed E-state index contributed by atoms with van der Waals surface area (Å²) in [6.45, 7) is -0.555. The third-order valence-corrected chi connectivity index (χ3v) is 3.10. The Morgan fingerprint density at radius 2 is 2.31 bits per heavy atom. The summed E-state index contributed by atoms with van der Waals surface area (Å²) in [4.78, 5) is 5.84. The van der Waals surface area contributed by atoms with Crippen LogP contribution in [0.5, 0.6) is 0 Å². The number of hydrogen-bond donors (Lipinski definition) is 1. The van der Waals surface area contributed by atoms with Gasteiger partial charge < -0.3 is 5.11 Å². The zero-order valence-electron chi connectivity index (χ0n) is 8.43. The van der Waals surface area contributed by atoms with Crippen molar-refractivity contribution in [1.82, 2.24) is 4.98 Å². The van der Waals surface area contributed by atoms with Crippen molar-refractivity contribution in [2.75, 3.05) is 6.61 Å². The van der Waals surface area contributed by atoms with Crippen LogP contribution in [0.3, 0.4) is 0 Å². The van der Waals surface area contributed by atoms with Gasteiger partial charge in [0, 0.05) is 27.7 Å². The van der Waals surface area contributed by atoms with Crippen LogP contribution in [0.4, 0.5) is 4.39 Å². The molecule has 0 bridgehead atoms. The zero-order chi connectivity index (χ0) is 11.4. The minimum absolute atomic E-state index is 0.528. The maximum atomic E-state index is 12.8. The van der Waals surface area contributed by atoms with E-state index in [1.54, 1.807) is 12.4 Å². The molecule has 0 saturated carbocycles. The third kappa shape index (κ3) is 2.53. The maximum absolute atomic E-state index is 12.8. The van der Waals surface area contributed by atoms with Crippen LogP contribution < -0.4 is 0 Å². The Labute approximate surface area is 96.7 Å². The van der Waals surface area contributed by atoms with Gasteiger partial charge in [-0.2, -0.15) is 0 Å². The lowest BCUT2D eigenvalue weighted by Gasteiger charge is -1.93. The first-order valence-corrected chi connectivity index (χ1v) is 5.58. The highest BCUT2D eigenvalue weighted by Crippen LogP contribution is 2.28. The number of halogens is 1. The summed E-state index contributed by atoms with van der Waals surface area (Å²) in [6.07, 6.45) is 4.82. The molecule has 0 aromatic carbocycles. The minimum Gasteiger partial charge on any atom is -0.389 e. The lowest BCUT2D eigenvalue weighted by molar-refractivity contribution is 0.300. The average Bonchev–Trinajstić information content (AvgIpc) is 2.78. The maximum Gasteiger partial charge on any atom is 0.127 e. The van der Waals surface area contributed by atoms with Gasteiger partial charge in [-0.3, -0.25) is 4.98 Å². The SMILES string of the molecule is OC/C(F)=C\c1ccc(-c2cccnc2)s1. The number of aromatic nitrogens is 1. The molecule has 2 aromatic rings. The molecule has 0 unspecified atom stereocenters. The number of aliphatic hydroxyl groups excluding tert-OH is 1. The first-order valence-electron chi connectivity index (χ1n) is 4.77. The Hall–Kier alpha value is -1.52. The Kier molecular flexibility index (Phi) is 3.44. The quantitative estimate of drug-likeness (QED) is 0.886. The Morgan fingerprint density at radius 3 is 3.00 bits per heavy atom. The summed E-state index contributed by atoms with van der Waals surface area (Å²) in [5.41, 5.74) is 1.01. The third-order valence-electron chi connectivity index (χ3n) is 2.02. The molecular weight excluding hydrogens is 225 g/mol. The number of aliphatic hydroxyl groups is 1. The molecule has 0 amide bonds. The lowest BCUT2D eigenvalue weighted by atomic mass is 10.2. The second-order valence-corrected chi connectivity index (χ2v) is 4.31. The molecule has 2 heterocycles. The Morgan fingerprint density at radius 1 is 1.44 bits per heavy atom. The van der Waals surface area contributed by atoms with Crippen molar-refractivity contribution in [2.45, 2.75) is 0 Å². The summed E-state index contributed by atoms with van der Waals surface area (Å²) >= 11 is 1.46. The van der Waals surface area contributed by atoms with Gasteiger partial charge in [-0.1, -0.05) is 6.07 Å². The van der Waals surface area contributed by atoms with Gasteiger partial charge in [-0.15, -0.1) is 11.3 Å². The first-order chi connectivity index (χ1) is 7.79. The van der Waals surface area contributed by atoms with E-state index in [0.29, 0.717) is 0 Å². The van der Waals surface area contributed by atoms with E-state index in [1.807, 2.05) is 24.3 Å². The summed E-state index contributed by atoms with van der Waals surface area (Å²) in [6, 6.07) is 7.55. The van der Waals surface area contributed by atoms with Gasteiger partial charge in [0.1, 0.15) is 5.83 Å². The molecule has 2 nitrogen and oxygen atoms in total. The van der Waals surface area contributed by atoms with Crippen molar-refractivity contribution < 1.29 is 9.50 Å². The van der Waals surface area contributed by atoms with Gasteiger partial charge in [0.05, 0.1) is 6.61 Å². The van der Waals surface area contributed by atoms with Crippen LogP contribution in [0.2, 0.25) is 0 Å². The molecule has 2 aromatic heterocycles. The summed E-state index contributed by atoms with van der Waals surface area (Å²) in [5, 5.41) is 8.57. The fourth-order valence-corrected chi connectivity index (χ4v) is 2.25. The topological polar surface area (TPSA) is 33.1 Å². The van der Waals surface area contributed by atoms with Crippen molar-refractivity contribution in [1.29, 1.82) is 0 Å². The van der Waals surface area contributed by atoms with Crippen molar-refractivity contribution >= 4 is 17.4 Å². The molecule has 0 fully saturated rings. The van der Waals surface area contributed by atoms with Gasteiger partial charge >= 0.3 is 0 Å². The molecule has 0 spiro atoms. The molecule has 0 atom stereocenters. The summed E-state index contributed by atoms with van der Waals surface area (Å²) in [7, 11) is 0. The van der Waals surface area contributed by atoms with E-state index in [4.69, 9.17) is 5.11 Å². The highest BCUT2D eigenvalue weighted by Gasteiger charge is 2.02. The van der Waals surface area contributed by atoms with Crippen molar-refractivity contribution in [3.8, 4) is 10.4 Å². The van der Waals surface area contributed by atoms with Crippen LogP contribution in [0, 0.1) is 0 Å². The van der Waals surface area contributed by atoms with E-state index >= 15 is 0 Å². The average molecular weight is 235 g/mol. The monoisotopic (exact) mass is 235 g/mol. The number of nitrogens with zero attached hydrogens (tertiary/aromatic N) is 1. The van der Waals surface area contributed by atoms with E-state index in [2.05, 4.69) is 4.98 Å². The number of rotatable bonds is 3. The molecule has 1 N–H and O–H groups in total. The van der Waals surface area contributed by atoms with Crippen LogP contribution in [-0.2, 0) is 0 Å². The minimum atomic E-state index is -0.555. The normalized spacial score (nSPS) is 11.8. The fourth-order valence-electron chi connectivity index (χ4n) is 1.29. The van der Waals surface area contributed by atoms with Gasteiger partial charge in [-0.25, -0.2) is 4.39 Å². The molecule has 2 rings (SSSR count). The highest BCUT2D eigenvalue weighted by molar-refractivity contribution is 7.16. The largest absolute Gasteiger partial charge is 0.389 e. The van der Waals surface area contributed by atoms with Crippen LogP contribution >= 0.6 is 11.3 Å². The Bertz CT molecular complexity index is 493. The Balaban J connectivity index is 2.27. The van der Waals surface area contributed by atoms with Gasteiger partial charge in [-0.05, 0) is 24.3 Å². The summed E-state index contributed by atoms with van der Waals surface area (Å²) in [5.74, 6) is -0.528. The molecule has 4 heteroatoms. The second kappa shape index (κ2) is 5.01. The van der Waals surface area contributed by atoms with Crippen LogP contribution in [-0.4, -0.2) is 16.7 Å². The van der Waals surface area contributed by atoms with Gasteiger partial charge in [0.25, 0.3) is 0 Å². The zero-order valence-corrected chi connectivity index (χ0v) is 9.25. The molecule has 82 valence electrons. The predicted molar refractivity (Wildman–Crippen MR) is 63.7 cm³/mol. The van der Waals surface area contributed by atoms with E-state index in [9.17, 15) is 4.39 Å². The molecule has 0 aliphatic carbocycles. The van der Waals surface area contributed by atoms with Crippen LogP contribution in [0.25, 0.3) is 16.5 Å². The smallest absolute Gasteiger partial charge is 0.127 e. The molecule has 0 aliphatic heterocycles. The van der Waals surface area contributed by atoms with Crippen molar-refractivity contribution in [2.24, 2.45) is 0 Å². The standard InChI is InChI=1S/C12H10FNOS/c13-10(8-15)6-11-3-4-12(16-11)9-2-1-5-14-7-9/h1-7,15H,8H2/b10-6+. The number of pyridine rings is 1. The van der Waals surface area contributed by atoms with E-state index in [0.717, 1.165) is 15.3 Å². The molecule has 0 radical (unpaired) electrons. The van der Waals surface area contributed by atoms with Crippen LogP contribution in [0.1, 0.15) is 4.88 Å². The molecule has 0 aliphatic rings. The molecule has 16 heavy (non-hydrogen) atoms. The lowest BCUT2D eigenvalue weighted by Crippen LogP contribution is -1.79. The van der Waals surface area contributed by atoms with Crippen molar-refractivity contribution in [3.63, 3.8) is 0 Å². The number of hydrogen-bond acceptors (Lipinski definition) is 3. The first kappa shape index (κ1) is 11.0. The number of thiophene rings is 1. The molecule has 0 saturated heterocycles. The van der Waals surface area contributed by atoms with E-state index in [1.165, 1.54) is 17.4 Å². The predicted octanol–water partition coefficient (Wildman–Crippen LogP) is 3.11. The van der Waals surface area contributed by atoms with Crippen LogP contribution in [0.15, 0.2) is 42.5 Å². The summed E-state index contributed by atoms with van der Waals surface area (Å²) < 4.78 is 12.8. The van der Waals surface area contributed by atoms with E-state index in [-0.39, 0.29) is 0 Å². The fraction of sp³-hybridized carbons (Fsp3) is 0.0833. The second-order valence-electron chi connectivity index (χ2n) is 3.19. The van der Waals surface area contributed by atoms with E-state index < -0.39 is 12.4 Å². The van der Waals surface area contributed by atoms with Crippen molar-refractivity contribution in [3.05, 3.63) is 47.4 Å². The highest BCUT2D eigenvalue weighted by atomic mass is 32.1. The van der Waals surface area contributed by atoms with Gasteiger partial charge in [0.2, 0.25) is 0 Å².